The van der Waals surface area contributed by atoms with Crippen molar-refractivity contribution in [3.05, 3.63) is 56.5 Å². The van der Waals surface area contributed by atoms with Crippen LogP contribution in [0.4, 0.5) is 0 Å². The predicted octanol–water partition coefficient (Wildman–Crippen LogP) is 2.95. The number of halogens is 1. The minimum Gasteiger partial charge on any atom is -0.288 e. The minimum atomic E-state index is -0.0703. The van der Waals surface area contributed by atoms with Crippen LogP contribution in [0.1, 0.15) is 16.5 Å². The Balaban J connectivity index is 2.18. The number of alkyl halides is 1. The van der Waals surface area contributed by atoms with Crippen molar-refractivity contribution in [3.8, 4) is 0 Å². The Morgan fingerprint density at radius 2 is 2.10 bits per heavy atom. The van der Waals surface area contributed by atoms with Crippen LogP contribution in [0.25, 0.3) is 10.9 Å². The SMILES string of the molecule is Cc1csc(Cn2c(CCl)nc3ccccc3c2=O)n1. The maximum atomic E-state index is 12.6. The summed E-state index contributed by atoms with van der Waals surface area (Å²) < 4.78 is 1.60. The van der Waals surface area contributed by atoms with E-state index in [1.165, 1.54) is 11.3 Å². The Morgan fingerprint density at radius 3 is 2.80 bits per heavy atom. The summed E-state index contributed by atoms with van der Waals surface area (Å²) in [6, 6.07) is 7.31. The van der Waals surface area contributed by atoms with Gasteiger partial charge in [0.1, 0.15) is 10.8 Å². The van der Waals surface area contributed by atoms with E-state index in [0.29, 0.717) is 23.3 Å². The lowest BCUT2D eigenvalue weighted by Crippen LogP contribution is -2.25. The average molecular weight is 306 g/mol. The van der Waals surface area contributed by atoms with Gasteiger partial charge in [-0.2, -0.15) is 0 Å². The quantitative estimate of drug-likeness (QED) is 0.699. The first-order valence-electron chi connectivity index (χ1n) is 6.14. The van der Waals surface area contributed by atoms with Crippen molar-refractivity contribution >= 4 is 33.8 Å². The fourth-order valence-electron chi connectivity index (χ4n) is 2.09. The van der Waals surface area contributed by atoms with Gasteiger partial charge in [-0.3, -0.25) is 9.36 Å². The summed E-state index contributed by atoms with van der Waals surface area (Å²) in [5, 5.41) is 3.46. The number of aromatic nitrogens is 3. The standard InChI is InChI=1S/C14H12ClN3OS/c1-9-8-20-13(16-9)7-18-12(6-15)17-11-5-3-2-4-10(11)14(18)19/h2-5,8H,6-7H2,1H3. The van der Waals surface area contributed by atoms with E-state index < -0.39 is 0 Å². The molecule has 6 heteroatoms. The summed E-state index contributed by atoms with van der Waals surface area (Å²) in [7, 11) is 0. The maximum Gasteiger partial charge on any atom is 0.261 e. The van der Waals surface area contributed by atoms with Gasteiger partial charge in [-0.05, 0) is 19.1 Å². The Morgan fingerprint density at radius 1 is 1.30 bits per heavy atom. The minimum absolute atomic E-state index is 0.0703. The molecule has 20 heavy (non-hydrogen) atoms. The number of thiazole rings is 1. The molecule has 3 rings (SSSR count). The highest BCUT2D eigenvalue weighted by atomic mass is 35.5. The smallest absolute Gasteiger partial charge is 0.261 e. The zero-order valence-electron chi connectivity index (χ0n) is 10.8. The molecule has 0 atom stereocenters. The molecule has 0 radical (unpaired) electrons. The third-order valence-corrected chi connectivity index (χ3v) is 4.21. The molecule has 2 heterocycles. The molecule has 0 spiro atoms. The molecule has 1 aromatic carbocycles. The van der Waals surface area contributed by atoms with Crippen LogP contribution >= 0.6 is 22.9 Å². The van der Waals surface area contributed by atoms with Crippen molar-refractivity contribution in [2.45, 2.75) is 19.3 Å². The number of hydrogen-bond donors (Lipinski definition) is 0. The zero-order valence-corrected chi connectivity index (χ0v) is 12.4. The second-order valence-corrected chi connectivity index (χ2v) is 5.66. The molecule has 2 aromatic heterocycles. The van der Waals surface area contributed by atoms with Gasteiger partial charge in [0.05, 0.1) is 23.3 Å². The van der Waals surface area contributed by atoms with Crippen molar-refractivity contribution in [1.29, 1.82) is 0 Å². The molecular weight excluding hydrogens is 294 g/mol. The van der Waals surface area contributed by atoms with Crippen LogP contribution in [0.15, 0.2) is 34.4 Å². The van der Waals surface area contributed by atoms with Crippen LogP contribution in [0, 0.1) is 6.92 Å². The van der Waals surface area contributed by atoms with Gasteiger partial charge < -0.3 is 0 Å². The molecule has 4 nitrogen and oxygen atoms in total. The number of fused-ring (bicyclic) bond motifs is 1. The number of benzene rings is 1. The topological polar surface area (TPSA) is 47.8 Å². The molecule has 0 bridgehead atoms. The van der Waals surface area contributed by atoms with E-state index in [4.69, 9.17) is 11.6 Å². The van der Waals surface area contributed by atoms with E-state index >= 15 is 0 Å². The lowest BCUT2D eigenvalue weighted by atomic mass is 10.2. The number of aryl methyl sites for hydroxylation is 1. The Kier molecular flexibility index (Phi) is 3.54. The summed E-state index contributed by atoms with van der Waals surface area (Å²) in [5.74, 6) is 0.771. The van der Waals surface area contributed by atoms with Crippen molar-refractivity contribution in [2.24, 2.45) is 0 Å². The number of rotatable bonds is 3. The third-order valence-electron chi connectivity index (χ3n) is 3.02. The monoisotopic (exact) mass is 305 g/mol. The molecule has 0 aliphatic carbocycles. The predicted molar refractivity (Wildman–Crippen MR) is 81.5 cm³/mol. The van der Waals surface area contributed by atoms with Gasteiger partial charge in [-0.1, -0.05) is 12.1 Å². The van der Waals surface area contributed by atoms with Gasteiger partial charge in [0.25, 0.3) is 5.56 Å². The van der Waals surface area contributed by atoms with Crippen molar-refractivity contribution in [2.75, 3.05) is 0 Å². The molecule has 0 saturated carbocycles. The largest absolute Gasteiger partial charge is 0.288 e. The third kappa shape index (κ3) is 2.34. The van der Waals surface area contributed by atoms with Crippen LogP contribution in [0.5, 0.6) is 0 Å². The lowest BCUT2D eigenvalue weighted by molar-refractivity contribution is 0.701. The number of hydrogen-bond acceptors (Lipinski definition) is 4. The van der Waals surface area contributed by atoms with Gasteiger partial charge in [0, 0.05) is 11.1 Å². The second-order valence-electron chi connectivity index (χ2n) is 4.45. The average Bonchev–Trinajstić information content (AvgIpc) is 2.87. The van der Waals surface area contributed by atoms with Crippen molar-refractivity contribution in [1.82, 2.24) is 14.5 Å². The fourth-order valence-corrected chi connectivity index (χ4v) is 3.05. The Labute approximate surface area is 124 Å². The van der Waals surface area contributed by atoms with Crippen LogP contribution in [0.3, 0.4) is 0 Å². The Hall–Kier alpha value is -1.72. The van der Waals surface area contributed by atoms with E-state index in [9.17, 15) is 4.79 Å². The molecule has 0 fully saturated rings. The highest BCUT2D eigenvalue weighted by molar-refractivity contribution is 7.09. The lowest BCUT2D eigenvalue weighted by Gasteiger charge is -2.10. The second kappa shape index (κ2) is 5.34. The van der Waals surface area contributed by atoms with E-state index in [2.05, 4.69) is 9.97 Å². The van der Waals surface area contributed by atoms with E-state index in [0.717, 1.165) is 10.7 Å². The van der Waals surface area contributed by atoms with Gasteiger partial charge in [-0.15, -0.1) is 22.9 Å². The van der Waals surface area contributed by atoms with Gasteiger partial charge in [0.2, 0.25) is 0 Å². The van der Waals surface area contributed by atoms with Crippen molar-refractivity contribution < 1.29 is 0 Å². The molecule has 102 valence electrons. The van der Waals surface area contributed by atoms with Crippen LogP contribution in [0.2, 0.25) is 0 Å². The van der Waals surface area contributed by atoms with Crippen LogP contribution in [-0.4, -0.2) is 14.5 Å². The van der Waals surface area contributed by atoms with Gasteiger partial charge >= 0.3 is 0 Å². The summed E-state index contributed by atoms with van der Waals surface area (Å²) in [4.78, 5) is 21.4. The first-order valence-corrected chi connectivity index (χ1v) is 7.56. The maximum absolute atomic E-state index is 12.6. The number of nitrogens with zero attached hydrogens (tertiary/aromatic N) is 3. The van der Waals surface area contributed by atoms with Gasteiger partial charge in [-0.25, -0.2) is 9.97 Å². The van der Waals surface area contributed by atoms with Crippen molar-refractivity contribution in [3.63, 3.8) is 0 Å². The summed E-state index contributed by atoms with van der Waals surface area (Å²) >= 11 is 7.47. The Bertz CT molecular complexity index is 825. The van der Waals surface area contributed by atoms with Crippen LogP contribution < -0.4 is 5.56 Å². The summed E-state index contributed by atoms with van der Waals surface area (Å²) in [6.07, 6.45) is 0. The fraction of sp³-hybridized carbons (Fsp3) is 0.214. The summed E-state index contributed by atoms with van der Waals surface area (Å²) in [6.45, 7) is 2.35. The van der Waals surface area contributed by atoms with E-state index in [-0.39, 0.29) is 11.4 Å². The molecule has 0 aliphatic rings. The first-order chi connectivity index (χ1) is 9.69. The molecule has 0 unspecified atom stereocenters. The molecule has 3 aromatic rings. The van der Waals surface area contributed by atoms with E-state index in [1.54, 1.807) is 10.6 Å². The molecular formula is C14H12ClN3OS. The molecule has 0 N–H and O–H groups in total. The van der Waals surface area contributed by atoms with E-state index in [1.807, 2.05) is 30.5 Å². The highest BCUT2D eigenvalue weighted by Crippen LogP contribution is 2.14. The highest BCUT2D eigenvalue weighted by Gasteiger charge is 2.11. The summed E-state index contributed by atoms with van der Waals surface area (Å²) in [5.41, 5.74) is 1.57. The molecule has 0 saturated heterocycles. The van der Waals surface area contributed by atoms with Crippen LogP contribution in [-0.2, 0) is 12.4 Å². The molecule has 0 aliphatic heterocycles. The normalized spacial score (nSPS) is 11.1. The first kappa shape index (κ1) is 13.3. The molecule has 0 amide bonds. The van der Waals surface area contributed by atoms with Gasteiger partial charge in [0.15, 0.2) is 0 Å². The number of para-hydroxylation sites is 1. The zero-order chi connectivity index (χ0) is 14.1.